The second-order valence-electron chi connectivity index (χ2n) is 5.94. The molecule has 2 aromatic rings. The molecule has 5 heteroatoms. The lowest BCUT2D eigenvalue weighted by molar-refractivity contribution is 0.413. The summed E-state index contributed by atoms with van der Waals surface area (Å²) < 4.78 is 32.7. The minimum Gasteiger partial charge on any atom is -0.497 e. The number of benzene rings is 2. The molecule has 2 unspecified atom stereocenters. The zero-order valence-corrected chi connectivity index (χ0v) is 13.0. The van der Waals surface area contributed by atoms with E-state index in [9.17, 15) is 8.78 Å². The third-order valence-corrected chi connectivity index (χ3v) is 4.34. The molecule has 1 aliphatic rings. The second kappa shape index (κ2) is 6.54. The van der Waals surface area contributed by atoms with Gasteiger partial charge in [-0.05, 0) is 36.2 Å². The predicted octanol–water partition coefficient (Wildman–Crippen LogP) is 3.29. The van der Waals surface area contributed by atoms with Gasteiger partial charge >= 0.3 is 0 Å². The van der Waals surface area contributed by atoms with Crippen LogP contribution in [-0.2, 0) is 0 Å². The van der Waals surface area contributed by atoms with E-state index in [0.29, 0.717) is 13.1 Å². The SMILES string of the molecule is COc1ccc(C2CC(N)CN(c3cccc(F)c3F)C2)cc1. The molecular formula is C18H20F2N2O. The molecule has 0 radical (unpaired) electrons. The quantitative estimate of drug-likeness (QED) is 0.944. The monoisotopic (exact) mass is 318 g/mol. The zero-order valence-electron chi connectivity index (χ0n) is 13.0. The topological polar surface area (TPSA) is 38.5 Å². The number of hydrogen-bond donors (Lipinski definition) is 1. The lowest BCUT2D eigenvalue weighted by Crippen LogP contribution is -2.46. The van der Waals surface area contributed by atoms with Gasteiger partial charge in [-0.25, -0.2) is 8.78 Å². The maximum atomic E-state index is 14.1. The number of nitrogens with zero attached hydrogens (tertiary/aromatic N) is 1. The Labute approximate surface area is 134 Å². The Kier molecular flexibility index (Phi) is 4.48. The molecule has 0 spiro atoms. The van der Waals surface area contributed by atoms with Crippen LogP contribution in [0.15, 0.2) is 42.5 Å². The highest BCUT2D eigenvalue weighted by Crippen LogP contribution is 2.32. The van der Waals surface area contributed by atoms with Gasteiger partial charge in [0.15, 0.2) is 11.6 Å². The Balaban J connectivity index is 1.85. The van der Waals surface area contributed by atoms with E-state index < -0.39 is 11.6 Å². The molecule has 2 N–H and O–H groups in total. The van der Waals surface area contributed by atoms with Crippen LogP contribution in [0.3, 0.4) is 0 Å². The van der Waals surface area contributed by atoms with E-state index in [0.717, 1.165) is 23.8 Å². The van der Waals surface area contributed by atoms with Crippen molar-refractivity contribution in [3.63, 3.8) is 0 Å². The molecule has 122 valence electrons. The van der Waals surface area contributed by atoms with Crippen molar-refractivity contribution in [2.45, 2.75) is 18.4 Å². The number of anilines is 1. The van der Waals surface area contributed by atoms with E-state index in [1.54, 1.807) is 13.2 Å². The summed E-state index contributed by atoms with van der Waals surface area (Å²) in [5.41, 5.74) is 7.56. The summed E-state index contributed by atoms with van der Waals surface area (Å²) in [5, 5.41) is 0. The molecule has 1 saturated heterocycles. The lowest BCUT2D eigenvalue weighted by atomic mass is 9.88. The fourth-order valence-electron chi connectivity index (χ4n) is 3.19. The maximum absolute atomic E-state index is 14.1. The minimum absolute atomic E-state index is 0.0847. The van der Waals surface area contributed by atoms with Gasteiger partial charge in [0.25, 0.3) is 0 Å². The van der Waals surface area contributed by atoms with Crippen molar-refractivity contribution < 1.29 is 13.5 Å². The van der Waals surface area contributed by atoms with Crippen LogP contribution < -0.4 is 15.4 Å². The van der Waals surface area contributed by atoms with Crippen molar-refractivity contribution in [3.05, 3.63) is 59.7 Å². The highest BCUT2D eigenvalue weighted by molar-refractivity contribution is 5.49. The molecule has 0 aliphatic carbocycles. The molecule has 0 amide bonds. The number of ether oxygens (including phenoxy) is 1. The number of methoxy groups -OCH3 is 1. The first-order valence-corrected chi connectivity index (χ1v) is 7.67. The molecule has 23 heavy (non-hydrogen) atoms. The first-order valence-electron chi connectivity index (χ1n) is 7.67. The van der Waals surface area contributed by atoms with E-state index in [-0.39, 0.29) is 17.6 Å². The van der Waals surface area contributed by atoms with E-state index in [2.05, 4.69) is 0 Å². The smallest absolute Gasteiger partial charge is 0.182 e. The van der Waals surface area contributed by atoms with Crippen molar-refractivity contribution in [3.8, 4) is 5.75 Å². The van der Waals surface area contributed by atoms with Crippen LogP contribution in [0.2, 0.25) is 0 Å². The number of rotatable bonds is 3. The maximum Gasteiger partial charge on any atom is 0.182 e. The molecule has 1 fully saturated rings. The van der Waals surface area contributed by atoms with E-state index in [4.69, 9.17) is 10.5 Å². The zero-order chi connectivity index (χ0) is 16.4. The Hall–Kier alpha value is -2.14. The van der Waals surface area contributed by atoms with Gasteiger partial charge in [0.2, 0.25) is 0 Å². The van der Waals surface area contributed by atoms with Crippen molar-refractivity contribution in [2.75, 3.05) is 25.1 Å². The van der Waals surface area contributed by atoms with Crippen LogP contribution in [0, 0.1) is 11.6 Å². The van der Waals surface area contributed by atoms with Gasteiger partial charge in [0.1, 0.15) is 5.75 Å². The van der Waals surface area contributed by atoms with Crippen LogP contribution in [0.1, 0.15) is 17.9 Å². The number of hydrogen-bond acceptors (Lipinski definition) is 3. The van der Waals surface area contributed by atoms with Crippen LogP contribution in [-0.4, -0.2) is 26.2 Å². The van der Waals surface area contributed by atoms with Gasteiger partial charge in [-0.2, -0.15) is 0 Å². The largest absolute Gasteiger partial charge is 0.497 e. The van der Waals surface area contributed by atoms with E-state index in [1.807, 2.05) is 29.2 Å². The van der Waals surface area contributed by atoms with Crippen molar-refractivity contribution in [2.24, 2.45) is 5.73 Å². The normalized spacial score (nSPS) is 21.3. The Morgan fingerprint density at radius 2 is 1.83 bits per heavy atom. The Bertz CT molecular complexity index is 675. The summed E-state index contributed by atoms with van der Waals surface area (Å²) in [7, 11) is 1.62. The van der Waals surface area contributed by atoms with Crippen LogP contribution in [0.25, 0.3) is 0 Å². The average molecular weight is 318 g/mol. The summed E-state index contributed by atoms with van der Waals surface area (Å²) in [6.45, 7) is 1.13. The van der Waals surface area contributed by atoms with Gasteiger partial charge in [-0.3, -0.25) is 0 Å². The summed E-state index contributed by atoms with van der Waals surface area (Å²) >= 11 is 0. The van der Waals surface area contributed by atoms with Crippen LogP contribution in [0.4, 0.5) is 14.5 Å². The lowest BCUT2D eigenvalue weighted by Gasteiger charge is -2.38. The third kappa shape index (κ3) is 3.29. The van der Waals surface area contributed by atoms with E-state index in [1.165, 1.54) is 6.07 Å². The number of nitrogens with two attached hydrogens (primary N) is 1. The summed E-state index contributed by atoms with van der Waals surface area (Å²) in [6.07, 6.45) is 0.819. The summed E-state index contributed by atoms with van der Waals surface area (Å²) in [6, 6.07) is 12.0. The summed E-state index contributed by atoms with van der Waals surface area (Å²) in [5.74, 6) is -0.674. The van der Waals surface area contributed by atoms with Gasteiger partial charge < -0.3 is 15.4 Å². The standard InChI is InChI=1S/C18H20F2N2O/c1-23-15-7-5-12(6-8-15)13-9-14(21)11-22(10-13)17-4-2-3-16(19)18(17)20/h2-8,13-14H,9-11,21H2,1H3. The van der Waals surface area contributed by atoms with E-state index >= 15 is 0 Å². The molecule has 1 aliphatic heterocycles. The molecular weight excluding hydrogens is 298 g/mol. The third-order valence-electron chi connectivity index (χ3n) is 4.34. The number of piperidine rings is 1. The number of halogens is 2. The highest BCUT2D eigenvalue weighted by atomic mass is 19.2. The second-order valence-corrected chi connectivity index (χ2v) is 5.94. The molecule has 0 bridgehead atoms. The Morgan fingerprint density at radius 1 is 1.09 bits per heavy atom. The molecule has 2 aromatic carbocycles. The predicted molar refractivity (Wildman–Crippen MR) is 86.9 cm³/mol. The van der Waals surface area contributed by atoms with Crippen LogP contribution in [0.5, 0.6) is 5.75 Å². The van der Waals surface area contributed by atoms with Gasteiger partial charge in [0.05, 0.1) is 12.8 Å². The molecule has 3 nitrogen and oxygen atoms in total. The van der Waals surface area contributed by atoms with Crippen molar-refractivity contribution >= 4 is 5.69 Å². The first-order chi connectivity index (χ1) is 11.1. The van der Waals surface area contributed by atoms with Gasteiger partial charge in [-0.15, -0.1) is 0 Å². The molecule has 2 atom stereocenters. The Morgan fingerprint density at radius 3 is 2.52 bits per heavy atom. The minimum atomic E-state index is -0.831. The van der Waals surface area contributed by atoms with Crippen molar-refractivity contribution in [1.82, 2.24) is 0 Å². The van der Waals surface area contributed by atoms with Crippen LogP contribution >= 0.6 is 0 Å². The molecule has 0 aromatic heterocycles. The molecule has 3 rings (SSSR count). The summed E-state index contributed by atoms with van der Waals surface area (Å²) in [4.78, 5) is 1.83. The fourth-order valence-corrected chi connectivity index (χ4v) is 3.19. The van der Waals surface area contributed by atoms with Gasteiger partial charge in [-0.1, -0.05) is 18.2 Å². The molecule has 0 saturated carbocycles. The highest BCUT2D eigenvalue weighted by Gasteiger charge is 2.28. The first kappa shape index (κ1) is 15.7. The fraction of sp³-hybridized carbons (Fsp3) is 0.333. The van der Waals surface area contributed by atoms with Crippen molar-refractivity contribution in [1.29, 1.82) is 0 Å². The molecule has 1 heterocycles. The average Bonchev–Trinajstić information content (AvgIpc) is 2.57. The van der Waals surface area contributed by atoms with Gasteiger partial charge in [0, 0.05) is 25.0 Å².